The molecule has 0 spiro atoms. The molecule has 0 unspecified atom stereocenters. The van der Waals surface area contributed by atoms with Gasteiger partial charge in [0, 0.05) is 23.4 Å². The van der Waals surface area contributed by atoms with Gasteiger partial charge in [0.25, 0.3) is 0 Å². The van der Waals surface area contributed by atoms with Gasteiger partial charge in [0.05, 0.1) is 13.7 Å². The van der Waals surface area contributed by atoms with E-state index in [1.807, 2.05) is 24.3 Å². The van der Waals surface area contributed by atoms with Crippen molar-refractivity contribution in [2.45, 2.75) is 6.54 Å². The first kappa shape index (κ1) is 18.7. The van der Waals surface area contributed by atoms with Crippen LogP contribution in [0.4, 0.5) is 10.2 Å². The molecular formula is C20H17ClFN3O2. The van der Waals surface area contributed by atoms with Crippen LogP contribution in [0.1, 0.15) is 11.1 Å². The summed E-state index contributed by atoms with van der Waals surface area (Å²) in [5, 5.41) is 7.29. The molecule has 0 saturated carbocycles. The number of aromatic nitrogens is 2. The van der Waals surface area contributed by atoms with Crippen LogP contribution in [0.3, 0.4) is 0 Å². The van der Waals surface area contributed by atoms with Crippen molar-refractivity contribution in [2.75, 3.05) is 12.4 Å². The number of methoxy groups -OCH3 is 1. The van der Waals surface area contributed by atoms with Crippen molar-refractivity contribution in [3.63, 3.8) is 0 Å². The number of nitrogens with one attached hydrogen (secondary N) is 1. The summed E-state index contributed by atoms with van der Waals surface area (Å²) in [7, 11) is 1.60. The molecule has 1 N–H and O–H groups in total. The van der Waals surface area contributed by atoms with E-state index < -0.39 is 0 Å². The highest BCUT2D eigenvalue weighted by Gasteiger charge is 2.06. The number of anilines is 1. The summed E-state index contributed by atoms with van der Waals surface area (Å²) in [6.45, 7) is 0.372. The lowest BCUT2D eigenvalue weighted by Gasteiger charge is -2.04. The maximum absolute atomic E-state index is 13.1. The van der Waals surface area contributed by atoms with Gasteiger partial charge >= 0.3 is 0 Å². The Morgan fingerprint density at radius 3 is 2.74 bits per heavy atom. The minimum Gasteiger partial charge on any atom is -0.497 e. The molecule has 0 radical (unpaired) electrons. The minimum absolute atomic E-state index is 0.295. The van der Waals surface area contributed by atoms with Gasteiger partial charge in [0.15, 0.2) is 5.82 Å². The second-order valence-electron chi connectivity index (χ2n) is 5.73. The average molecular weight is 386 g/mol. The smallest absolute Gasteiger partial charge is 0.249 e. The second-order valence-corrected chi connectivity index (χ2v) is 6.14. The van der Waals surface area contributed by atoms with Crippen molar-refractivity contribution in [3.05, 3.63) is 82.8 Å². The topological polar surface area (TPSA) is 56.1 Å². The fraction of sp³-hybridized carbons (Fsp3) is 0.100. The molecule has 7 heteroatoms. The molecule has 3 aromatic rings. The number of halogens is 2. The van der Waals surface area contributed by atoms with Gasteiger partial charge in [-0.3, -0.25) is 9.48 Å². The SMILES string of the molecule is COc1ccc(/C=C/C(=O)Nc2ccn(Cc3ccc(F)cc3Cl)n2)cc1. The molecule has 1 aromatic heterocycles. The Hall–Kier alpha value is -3.12. The maximum atomic E-state index is 13.1. The zero-order valence-corrected chi connectivity index (χ0v) is 15.3. The van der Waals surface area contributed by atoms with Crippen molar-refractivity contribution in [2.24, 2.45) is 0 Å². The number of rotatable bonds is 6. The summed E-state index contributed by atoms with van der Waals surface area (Å²) >= 11 is 6.02. The predicted octanol–water partition coefficient (Wildman–Crippen LogP) is 4.38. The molecule has 0 fully saturated rings. The van der Waals surface area contributed by atoms with E-state index in [9.17, 15) is 9.18 Å². The van der Waals surface area contributed by atoms with Crippen LogP contribution >= 0.6 is 11.6 Å². The van der Waals surface area contributed by atoms with Gasteiger partial charge in [-0.2, -0.15) is 5.10 Å². The molecule has 27 heavy (non-hydrogen) atoms. The highest BCUT2D eigenvalue weighted by atomic mass is 35.5. The molecule has 2 aromatic carbocycles. The van der Waals surface area contributed by atoms with Crippen LogP contribution in [0.15, 0.2) is 60.8 Å². The second kappa shape index (κ2) is 8.51. The average Bonchev–Trinajstić information content (AvgIpc) is 3.09. The Morgan fingerprint density at radius 1 is 1.26 bits per heavy atom. The molecule has 0 aliphatic heterocycles. The lowest BCUT2D eigenvalue weighted by molar-refractivity contribution is -0.111. The molecule has 138 valence electrons. The highest BCUT2D eigenvalue weighted by molar-refractivity contribution is 6.31. The molecule has 0 atom stereocenters. The maximum Gasteiger partial charge on any atom is 0.249 e. The van der Waals surface area contributed by atoms with Crippen LogP contribution < -0.4 is 10.1 Å². The lowest BCUT2D eigenvalue weighted by Crippen LogP contribution is -2.09. The van der Waals surface area contributed by atoms with Crippen molar-refractivity contribution < 1.29 is 13.9 Å². The summed E-state index contributed by atoms with van der Waals surface area (Å²) < 4.78 is 19.8. The van der Waals surface area contributed by atoms with E-state index in [0.717, 1.165) is 16.9 Å². The molecule has 3 rings (SSSR count). The zero-order valence-electron chi connectivity index (χ0n) is 14.5. The normalized spacial score (nSPS) is 10.9. The standard InChI is InChI=1S/C20H17ClFN3O2/c1-27-17-7-2-14(3-8-17)4-9-20(26)23-19-10-11-25(24-19)13-15-5-6-16(22)12-18(15)21/h2-12H,13H2,1H3,(H,23,24,26)/b9-4+. The van der Waals surface area contributed by atoms with E-state index in [0.29, 0.717) is 17.4 Å². The summed E-state index contributed by atoms with van der Waals surface area (Å²) in [4.78, 5) is 12.0. The van der Waals surface area contributed by atoms with Crippen molar-refractivity contribution >= 4 is 29.4 Å². The summed E-state index contributed by atoms with van der Waals surface area (Å²) in [6, 6.07) is 13.2. The number of hydrogen-bond donors (Lipinski definition) is 1. The van der Waals surface area contributed by atoms with Crippen LogP contribution in [0.25, 0.3) is 6.08 Å². The zero-order chi connectivity index (χ0) is 19.2. The Kier molecular flexibility index (Phi) is 5.88. The quantitative estimate of drug-likeness (QED) is 0.640. The third-order valence-electron chi connectivity index (χ3n) is 3.78. The predicted molar refractivity (Wildman–Crippen MR) is 103 cm³/mol. The first-order valence-electron chi connectivity index (χ1n) is 8.14. The van der Waals surface area contributed by atoms with E-state index in [2.05, 4.69) is 10.4 Å². The van der Waals surface area contributed by atoms with Gasteiger partial charge in [-0.25, -0.2) is 4.39 Å². The number of hydrogen-bond acceptors (Lipinski definition) is 3. The van der Waals surface area contributed by atoms with Crippen molar-refractivity contribution in [1.29, 1.82) is 0 Å². The Labute approximate surface area is 161 Å². The van der Waals surface area contributed by atoms with Crippen LogP contribution in [0.5, 0.6) is 5.75 Å². The number of carbonyl (C=O) groups is 1. The van der Waals surface area contributed by atoms with Gasteiger partial charge < -0.3 is 10.1 Å². The van der Waals surface area contributed by atoms with E-state index in [-0.39, 0.29) is 11.7 Å². The molecule has 1 heterocycles. The van der Waals surface area contributed by atoms with E-state index >= 15 is 0 Å². The number of amides is 1. The number of carbonyl (C=O) groups excluding carboxylic acids is 1. The first-order chi connectivity index (χ1) is 13.0. The van der Waals surface area contributed by atoms with Gasteiger partial charge in [-0.05, 0) is 41.5 Å². The summed E-state index contributed by atoms with van der Waals surface area (Å²) in [5.41, 5.74) is 1.61. The summed E-state index contributed by atoms with van der Waals surface area (Å²) in [5.74, 6) is 0.484. The van der Waals surface area contributed by atoms with E-state index in [4.69, 9.17) is 16.3 Å². The molecule has 0 bridgehead atoms. The first-order valence-corrected chi connectivity index (χ1v) is 8.52. The molecule has 1 amide bonds. The molecule has 0 aliphatic rings. The minimum atomic E-state index is -0.388. The van der Waals surface area contributed by atoms with Crippen LogP contribution in [0, 0.1) is 5.82 Å². The molecule has 0 aliphatic carbocycles. The molecular weight excluding hydrogens is 369 g/mol. The number of ether oxygens (including phenoxy) is 1. The Balaban J connectivity index is 1.59. The molecule has 5 nitrogen and oxygen atoms in total. The number of benzene rings is 2. The van der Waals surface area contributed by atoms with Crippen molar-refractivity contribution in [3.8, 4) is 5.75 Å². The Bertz CT molecular complexity index is 968. The largest absolute Gasteiger partial charge is 0.497 e. The van der Waals surface area contributed by atoms with Gasteiger partial charge in [-0.15, -0.1) is 0 Å². The van der Waals surface area contributed by atoms with E-state index in [1.165, 1.54) is 18.2 Å². The monoisotopic (exact) mass is 385 g/mol. The summed E-state index contributed by atoms with van der Waals surface area (Å²) in [6.07, 6.45) is 4.84. The van der Waals surface area contributed by atoms with Gasteiger partial charge in [-0.1, -0.05) is 29.8 Å². The fourth-order valence-corrected chi connectivity index (χ4v) is 2.62. The van der Waals surface area contributed by atoms with E-state index in [1.54, 1.807) is 36.2 Å². The third kappa shape index (κ3) is 5.18. The third-order valence-corrected chi connectivity index (χ3v) is 4.13. The lowest BCUT2D eigenvalue weighted by atomic mass is 10.2. The highest BCUT2D eigenvalue weighted by Crippen LogP contribution is 2.18. The van der Waals surface area contributed by atoms with Gasteiger partial charge in [0.1, 0.15) is 11.6 Å². The molecule has 0 saturated heterocycles. The van der Waals surface area contributed by atoms with Crippen LogP contribution in [0.2, 0.25) is 5.02 Å². The van der Waals surface area contributed by atoms with Crippen molar-refractivity contribution in [1.82, 2.24) is 9.78 Å². The van der Waals surface area contributed by atoms with Crippen LogP contribution in [-0.2, 0) is 11.3 Å². The fourth-order valence-electron chi connectivity index (χ4n) is 2.40. The van der Waals surface area contributed by atoms with Gasteiger partial charge in [0.2, 0.25) is 5.91 Å². The number of nitrogens with zero attached hydrogens (tertiary/aromatic N) is 2. The van der Waals surface area contributed by atoms with Crippen LogP contribution in [-0.4, -0.2) is 22.8 Å². The Morgan fingerprint density at radius 2 is 2.04 bits per heavy atom.